The molecule has 0 spiro atoms. The molecule has 6 rings (SSSR count). The number of hydrogen-bond donors (Lipinski definition) is 2. The SMILES string of the molecule is CCc1nc2cc(F)c(N3CCN(CC(=O)N4CC[C@@H](O)C4)CC3)cn2c1NCc1nc(-c2ccc(F)cc2)cs1. The lowest BCUT2D eigenvalue weighted by molar-refractivity contribution is -0.131. The van der Waals surface area contributed by atoms with Crippen molar-refractivity contribution in [1.82, 2.24) is 24.2 Å². The molecule has 2 saturated heterocycles. The molecule has 216 valence electrons. The van der Waals surface area contributed by atoms with Crippen LogP contribution in [0.25, 0.3) is 16.9 Å². The summed E-state index contributed by atoms with van der Waals surface area (Å²) >= 11 is 1.52. The summed E-state index contributed by atoms with van der Waals surface area (Å²) in [7, 11) is 0. The predicted molar refractivity (Wildman–Crippen MR) is 155 cm³/mol. The van der Waals surface area contributed by atoms with E-state index in [2.05, 4.69) is 15.2 Å². The topological polar surface area (TPSA) is 89.2 Å². The van der Waals surface area contributed by atoms with Gasteiger partial charge in [-0.3, -0.25) is 14.1 Å². The van der Waals surface area contributed by atoms with E-state index in [0.717, 1.165) is 27.8 Å². The van der Waals surface area contributed by atoms with Crippen molar-refractivity contribution >= 4 is 34.4 Å². The number of likely N-dealkylation sites (tertiary alicyclic amines) is 1. The minimum absolute atomic E-state index is 0.0360. The monoisotopic (exact) mass is 581 g/mol. The minimum atomic E-state index is -0.426. The number of benzene rings is 1. The molecule has 2 aliphatic heterocycles. The van der Waals surface area contributed by atoms with Gasteiger partial charge in [-0.1, -0.05) is 6.92 Å². The maximum atomic E-state index is 15.3. The molecule has 9 nitrogen and oxygen atoms in total. The van der Waals surface area contributed by atoms with Crippen LogP contribution in [0.5, 0.6) is 0 Å². The lowest BCUT2D eigenvalue weighted by Gasteiger charge is -2.36. The van der Waals surface area contributed by atoms with Gasteiger partial charge in [-0.25, -0.2) is 18.7 Å². The number of aliphatic hydroxyl groups excluding tert-OH is 1. The number of carbonyl (C=O) groups is 1. The Morgan fingerprint density at radius 3 is 2.61 bits per heavy atom. The van der Waals surface area contributed by atoms with Crippen molar-refractivity contribution in [3.8, 4) is 11.3 Å². The summed E-state index contributed by atoms with van der Waals surface area (Å²) < 4.78 is 30.5. The number of pyridine rings is 1. The molecule has 2 N–H and O–H groups in total. The second kappa shape index (κ2) is 11.7. The summed E-state index contributed by atoms with van der Waals surface area (Å²) in [5.74, 6) is 0.238. The molecule has 0 unspecified atom stereocenters. The average Bonchev–Trinajstić information content (AvgIpc) is 3.71. The highest BCUT2D eigenvalue weighted by Crippen LogP contribution is 2.28. The van der Waals surface area contributed by atoms with Gasteiger partial charge in [0.2, 0.25) is 5.91 Å². The minimum Gasteiger partial charge on any atom is -0.391 e. The summed E-state index contributed by atoms with van der Waals surface area (Å²) in [4.78, 5) is 27.8. The molecule has 0 bridgehead atoms. The van der Waals surface area contributed by atoms with E-state index in [-0.39, 0.29) is 17.5 Å². The molecule has 5 heterocycles. The van der Waals surface area contributed by atoms with Gasteiger partial charge in [0, 0.05) is 62.5 Å². The third kappa shape index (κ3) is 5.90. The molecule has 2 aliphatic rings. The number of carbonyl (C=O) groups excluding carboxylic acids is 1. The summed E-state index contributed by atoms with van der Waals surface area (Å²) in [6.45, 7) is 6.31. The van der Waals surface area contributed by atoms with Crippen LogP contribution < -0.4 is 10.2 Å². The number of aliphatic hydroxyl groups is 1. The number of halogens is 2. The summed E-state index contributed by atoms with van der Waals surface area (Å²) in [6, 6.07) is 7.76. The van der Waals surface area contributed by atoms with Crippen molar-refractivity contribution in [2.45, 2.75) is 32.4 Å². The van der Waals surface area contributed by atoms with Crippen molar-refractivity contribution in [1.29, 1.82) is 0 Å². The van der Waals surface area contributed by atoms with Gasteiger partial charge in [0.1, 0.15) is 22.3 Å². The summed E-state index contributed by atoms with van der Waals surface area (Å²) in [6.07, 6.45) is 2.69. The molecule has 1 aromatic carbocycles. The maximum Gasteiger partial charge on any atom is 0.236 e. The second-order valence-electron chi connectivity index (χ2n) is 10.5. The number of amides is 1. The van der Waals surface area contributed by atoms with Gasteiger partial charge in [0.25, 0.3) is 0 Å². The van der Waals surface area contributed by atoms with Gasteiger partial charge in [-0.15, -0.1) is 11.3 Å². The molecule has 1 amide bonds. The van der Waals surface area contributed by atoms with Crippen LogP contribution in [-0.2, 0) is 17.8 Å². The molecule has 4 aromatic rings. The van der Waals surface area contributed by atoms with Crippen molar-refractivity contribution in [2.24, 2.45) is 0 Å². The zero-order chi connectivity index (χ0) is 28.5. The van der Waals surface area contributed by atoms with E-state index >= 15 is 4.39 Å². The number of fused-ring (bicyclic) bond motifs is 1. The Morgan fingerprint density at radius 2 is 1.90 bits per heavy atom. The van der Waals surface area contributed by atoms with E-state index in [4.69, 9.17) is 4.98 Å². The Hall–Kier alpha value is -3.61. The molecule has 0 radical (unpaired) electrons. The van der Waals surface area contributed by atoms with E-state index in [1.807, 2.05) is 21.6 Å². The highest BCUT2D eigenvalue weighted by molar-refractivity contribution is 7.10. The molecule has 2 fully saturated rings. The van der Waals surface area contributed by atoms with Gasteiger partial charge in [-0.2, -0.15) is 0 Å². The Morgan fingerprint density at radius 1 is 1.12 bits per heavy atom. The van der Waals surface area contributed by atoms with Crippen molar-refractivity contribution < 1.29 is 18.7 Å². The first-order chi connectivity index (χ1) is 19.9. The number of thiazole rings is 1. The summed E-state index contributed by atoms with van der Waals surface area (Å²) in [5.41, 5.74) is 3.53. The van der Waals surface area contributed by atoms with E-state index in [0.29, 0.717) is 76.5 Å². The van der Waals surface area contributed by atoms with Crippen LogP contribution in [0.3, 0.4) is 0 Å². The first kappa shape index (κ1) is 27.6. The molecule has 1 atom stereocenters. The number of nitrogens with zero attached hydrogens (tertiary/aromatic N) is 6. The number of hydrogen-bond acceptors (Lipinski definition) is 8. The maximum absolute atomic E-state index is 15.3. The number of aromatic nitrogens is 3. The number of nitrogens with one attached hydrogen (secondary N) is 1. The molecular weight excluding hydrogens is 548 g/mol. The van der Waals surface area contributed by atoms with Gasteiger partial charge >= 0.3 is 0 Å². The quantitative estimate of drug-likeness (QED) is 0.329. The fourth-order valence-corrected chi connectivity index (χ4v) is 6.22. The first-order valence-corrected chi connectivity index (χ1v) is 14.8. The smallest absolute Gasteiger partial charge is 0.236 e. The fourth-order valence-electron chi connectivity index (χ4n) is 5.48. The molecule has 12 heteroatoms. The Bertz CT molecular complexity index is 1530. The Balaban J connectivity index is 1.14. The third-order valence-corrected chi connectivity index (χ3v) is 8.63. The van der Waals surface area contributed by atoms with Gasteiger partial charge in [0.15, 0.2) is 5.82 Å². The van der Waals surface area contributed by atoms with Gasteiger partial charge < -0.3 is 20.2 Å². The van der Waals surface area contributed by atoms with Crippen LogP contribution in [0, 0.1) is 11.6 Å². The van der Waals surface area contributed by atoms with E-state index in [1.165, 1.54) is 29.5 Å². The molecule has 0 saturated carbocycles. The first-order valence-electron chi connectivity index (χ1n) is 14.0. The zero-order valence-electron chi connectivity index (χ0n) is 22.9. The van der Waals surface area contributed by atoms with E-state index < -0.39 is 6.10 Å². The van der Waals surface area contributed by atoms with Crippen LogP contribution in [0.4, 0.5) is 20.3 Å². The van der Waals surface area contributed by atoms with Crippen LogP contribution in [-0.4, -0.2) is 87.1 Å². The fraction of sp³-hybridized carbons (Fsp3) is 0.414. The molecule has 41 heavy (non-hydrogen) atoms. The van der Waals surface area contributed by atoms with Crippen molar-refractivity contribution in [3.05, 3.63) is 64.2 Å². The summed E-state index contributed by atoms with van der Waals surface area (Å²) in [5, 5.41) is 16.0. The second-order valence-corrected chi connectivity index (χ2v) is 11.5. The van der Waals surface area contributed by atoms with Crippen LogP contribution in [0.15, 0.2) is 41.9 Å². The van der Waals surface area contributed by atoms with Crippen molar-refractivity contribution in [2.75, 3.05) is 56.0 Å². The third-order valence-electron chi connectivity index (χ3n) is 7.78. The molecule has 3 aromatic heterocycles. The predicted octanol–water partition coefficient (Wildman–Crippen LogP) is 3.63. The molecule has 0 aliphatic carbocycles. The highest BCUT2D eigenvalue weighted by Gasteiger charge is 2.28. The standard InChI is InChI=1S/C29H33F2N7O2S/c1-2-23-29(32-14-27-34-24(18-41-27)19-3-5-20(30)6-4-19)38-16-25(22(31)13-26(38)33-23)36-11-9-35(10-12-36)17-28(40)37-8-7-21(39)15-37/h3-6,13,16,18,21,32,39H,2,7-12,14-15,17H2,1H3/t21-/m1/s1. The lowest BCUT2D eigenvalue weighted by atomic mass is 10.2. The number of anilines is 2. The van der Waals surface area contributed by atoms with E-state index in [9.17, 15) is 14.3 Å². The number of imidazole rings is 1. The largest absolute Gasteiger partial charge is 0.391 e. The van der Waals surface area contributed by atoms with E-state index in [1.54, 1.807) is 23.2 Å². The number of aryl methyl sites for hydroxylation is 1. The van der Waals surface area contributed by atoms with Crippen molar-refractivity contribution in [3.63, 3.8) is 0 Å². The van der Waals surface area contributed by atoms with Crippen LogP contribution in [0.1, 0.15) is 24.0 Å². The Kier molecular flexibility index (Phi) is 7.87. The van der Waals surface area contributed by atoms with Gasteiger partial charge in [0.05, 0.1) is 36.3 Å². The van der Waals surface area contributed by atoms with Gasteiger partial charge in [-0.05, 0) is 37.1 Å². The number of piperazine rings is 1. The number of β-amino-alcohol motifs (C(OH)–C–C–N with tert-alkyl or cyclic N) is 1. The lowest BCUT2D eigenvalue weighted by Crippen LogP contribution is -2.50. The average molecular weight is 582 g/mol. The van der Waals surface area contributed by atoms with Crippen LogP contribution in [0.2, 0.25) is 0 Å². The Labute approximate surface area is 241 Å². The number of rotatable bonds is 8. The van der Waals surface area contributed by atoms with Crippen LogP contribution >= 0.6 is 11.3 Å². The normalized spacial score (nSPS) is 18.0. The molecular formula is C29H33F2N7O2S. The highest BCUT2D eigenvalue weighted by atomic mass is 32.1. The zero-order valence-corrected chi connectivity index (χ0v) is 23.7.